The minimum atomic E-state index is -0.405. The van der Waals surface area contributed by atoms with Crippen molar-refractivity contribution in [3.8, 4) is 5.69 Å². The number of rotatable bonds is 4. The van der Waals surface area contributed by atoms with Crippen molar-refractivity contribution >= 4 is 39.1 Å². The normalized spacial score (nSPS) is 11.8. The second-order valence-corrected chi connectivity index (χ2v) is 8.33. The molecule has 0 amide bonds. The Labute approximate surface area is 148 Å². The lowest BCUT2D eigenvalue weighted by molar-refractivity contribution is -0.123. The van der Waals surface area contributed by atoms with Gasteiger partial charge in [-0.25, -0.2) is 4.98 Å². The molecule has 0 N–H and O–H groups in total. The predicted octanol–water partition coefficient (Wildman–Crippen LogP) is 4.15. The first-order valence-electron chi connectivity index (χ1n) is 7.60. The summed E-state index contributed by atoms with van der Waals surface area (Å²) in [5.74, 6) is 0.421. The number of hydrogen-bond acceptors (Lipinski definition) is 5. The highest BCUT2D eigenvalue weighted by Gasteiger charge is 2.22. The topological polar surface area (TPSA) is 52.0 Å². The first-order chi connectivity index (χ1) is 11.4. The molecule has 1 aromatic carbocycles. The fraction of sp³-hybridized carbons (Fsp3) is 0.278. The number of nitrogens with zero attached hydrogens (tertiary/aromatic N) is 2. The maximum atomic E-state index is 12.9. The number of thioether (sulfide) groups is 1. The number of thiophene rings is 1. The molecule has 3 rings (SSSR count). The second kappa shape index (κ2) is 6.53. The van der Waals surface area contributed by atoms with Crippen molar-refractivity contribution in [3.63, 3.8) is 0 Å². The van der Waals surface area contributed by atoms with Crippen LogP contribution in [0.4, 0.5) is 0 Å². The molecule has 0 saturated carbocycles. The molecule has 24 heavy (non-hydrogen) atoms. The molecule has 0 aliphatic rings. The van der Waals surface area contributed by atoms with Crippen LogP contribution in [-0.4, -0.2) is 21.1 Å². The van der Waals surface area contributed by atoms with Gasteiger partial charge < -0.3 is 0 Å². The molecule has 0 saturated heterocycles. The number of Topliss-reactive ketones (excluding diaryl/α,β-unsaturated/α-hetero) is 1. The molecular formula is C18H18N2O2S2. The number of carbonyl (C=O) groups is 1. The summed E-state index contributed by atoms with van der Waals surface area (Å²) in [5.41, 5.74) is 0.947. The molecule has 3 aromatic rings. The Balaban J connectivity index is 2.09. The zero-order chi connectivity index (χ0) is 17.3. The highest BCUT2D eigenvalue weighted by Crippen LogP contribution is 2.26. The van der Waals surface area contributed by atoms with Gasteiger partial charge in [0.1, 0.15) is 10.5 Å². The van der Waals surface area contributed by atoms with Gasteiger partial charge >= 0.3 is 0 Å². The Hall–Kier alpha value is -1.92. The molecule has 0 bridgehead atoms. The third-order valence-electron chi connectivity index (χ3n) is 3.63. The zero-order valence-corrected chi connectivity index (χ0v) is 15.4. The van der Waals surface area contributed by atoms with Crippen molar-refractivity contribution in [3.05, 3.63) is 52.1 Å². The molecule has 0 aliphatic heterocycles. The van der Waals surface area contributed by atoms with Crippen LogP contribution < -0.4 is 5.56 Å². The number of para-hydroxylation sites is 1. The van der Waals surface area contributed by atoms with Crippen LogP contribution in [0.5, 0.6) is 0 Å². The number of benzene rings is 1. The summed E-state index contributed by atoms with van der Waals surface area (Å²) in [6.07, 6.45) is 0. The van der Waals surface area contributed by atoms with E-state index in [2.05, 4.69) is 4.98 Å². The van der Waals surface area contributed by atoms with Crippen molar-refractivity contribution in [2.24, 2.45) is 5.41 Å². The Morgan fingerprint density at radius 3 is 2.58 bits per heavy atom. The van der Waals surface area contributed by atoms with E-state index in [0.717, 1.165) is 5.69 Å². The van der Waals surface area contributed by atoms with E-state index in [1.807, 2.05) is 62.5 Å². The Bertz CT molecular complexity index is 937. The molecule has 0 unspecified atom stereocenters. The Morgan fingerprint density at radius 1 is 1.21 bits per heavy atom. The zero-order valence-electron chi connectivity index (χ0n) is 13.8. The van der Waals surface area contributed by atoms with Gasteiger partial charge in [-0.1, -0.05) is 50.7 Å². The van der Waals surface area contributed by atoms with Crippen LogP contribution in [0.25, 0.3) is 15.9 Å². The number of aromatic nitrogens is 2. The van der Waals surface area contributed by atoms with E-state index in [0.29, 0.717) is 21.1 Å². The summed E-state index contributed by atoms with van der Waals surface area (Å²) in [6, 6.07) is 11.3. The van der Waals surface area contributed by atoms with Crippen molar-refractivity contribution < 1.29 is 4.79 Å². The van der Waals surface area contributed by atoms with Crippen LogP contribution in [0.2, 0.25) is 0 Å². The largest absolute Gasteiger partial charge is 0.298 e. The first kappa shape index (κ1) is 16.9. The number of carbonyl (C=O) groups excluding carboxylic acids is 1. The minimum absolute atomic E-state index is 0.0908. The van der Waals surface area contributed by atoms with Gasteiger partial charge in [0, 0.05) is 5.41 Å². The quantitative estimate of drug-likeness (QED) is 0.519. The molecule has 0 radical (unpaired) electrons. The fourth-order valence-corrected chi connectivity index (χ4v) is 4.07. The lowest BCUT2D eigenvalue weighted by Crippen LogP contribution is -2.24. The molecular weight excluding hydrogens is 340 g/mol. The summed E-state index contributed by atoms with van der Waals surface area (Å²) in [4.78, 5) is 29.7. The molecule has 0 atom stereocenters. The average molecular weight is 358 g/mol. The fourth-order valence-electron chi connectivity index (χ4n) is 2.14. The minimum Gasteiger partial charge on any atom is -0.298 e. The van der Waals surface area contributed by atoms with Gasteiger partial charge in [0.15, 0.2) is 5.16 Å². The summed E-state index contributed by atoms with van der Waals surface area (Å²) in [5, 5.41) is 2.41. The molecule has 6 heteroatoms. The Kier molecular flexibility index (Phi) is 4.60. The van der Waals surface area contributed by atoms with E-state index in [9.17, 15) is 9.59 Å². The third kappa shape index (κ3) is 3.30. The molecule has 124 valence electrons. The van der Waals surface area contributed by atoms with Gasteiger partial charge in [-0.15, -0.1) is 11.3 Å². The van der Waals surface area contributed by atoms with Crippen molar-refractivity contribution in [1.82, 2.24) is 9.55 Å². The lowest BCUT2D eigenvalue weighted by atomic mass is 9.92. The molecule has 0 aliphatic carbocycles. The summed E-state index contributed by atoms with van der Waals surface area (Å²) in [7, 11) is 0. The second-order valence-electron chi connectivity index (χ2n) is 6.47. The van der Waals surface area contributed by atoms with E-state index in [1.165, 1.54) is 23.1 Å². The lowest BCUT2D eigenvalue weighted by Gasteiger charge is -2.17. The van der Waals surface area contributed by atoms with Crippen LogP contribution in [0.15, 0.2) is 51.7 Å². The van der Waals surface area contributed by atoms with E-state index in [1.54, 1.807) is 4.57 Å². The van der Waals surface area contributed by atoms with Gasteiger partial charge in [0.2, 0.25) is 0 Å². The third-order valence-corrected chi connectivity index (χ3v) is 5.46. The average Bonchev–Trinajstić information content (AvgIpc) is 3.01. The first-order valence-corrected chi connectivity index (χ1v) is 9.46. The molecule has 4 nitrogen and oxygen atoms in total. The van der Waals surface area contributed by atoms with Gasteiger partial charge in [0.25, 0.3) is 5.56 Å². The highest BCUT2D eigenvalue weighted by molar-refractivity contribution is 7.99. The van der Waals surface area contributed by atoms with Gasteiger partial charge in [-0.2, -0.15) is 0 Å². The molecule has 2 heterocycles. The standard InChI is InChI=1S/C18H18N2O2S2/c1-18(2,3)14(21)11-24-17-19-13-9-10-23-15(13)16(22)20(17)12-7-5-4-6-8-12/h4-10H,11H2,1-3H3. The van der Waals surface area contributed by atoms with Gasteiger partial charge in [0.05, 0.1) is 17.0 Å². The smallest absolute Gasteiger partial charge is 0.276 e. The highest BCUT2D eigenvalue weighted by atomic mass is 32.2. The van der Waals surface area contributed by atoms with E-state index >= 15 is 0 Å². The summed E-state index contributed by atoms with van der Waals surface area (Å²) in [6.45, 7) is 5.70. The monoisotopic (exact) mass is 358 g/mol. The molecule has 0 fully saturated rings. The predicted molar refractivity (Wildman–Crippen MR) is 100 cm³/mol. The molecule has 0 spiro atoms. The summed E-state index contributed by atoms with van der Waals surface area (Å²) >= 11 is 2.70. The van der Waals surface area contributed by atoms with Crippen molar-refractivity contribution in [2.45, 2.75) is 25.9 Å². The number of hydrogen-bond donors (Lipinski definition) is 0. The SMILES string of the molecule is CC(C)(C)C(=O)CSc1nc2ccsc2c(=O)n1-c1ccccc1. The van der Waals surface area contributed by atoms with Crippen LogP contribution >= 0.6 is 23.1 Å². The van der Waals surface area contributed by atoms with E-state index < -0.39 is 5.41 Å². The van der Waals surface area contributed by atoms with Crippen molar-refractivity contribution in [1.29, 1.82) is 0 Å². The van der Waals surface area contributed by atoms with Crippen LogP contribution in [0, 0.1) is 5.41 Å². The number of ketones is 1. The van der Waals surface area contributed by atoms with Crippen LogP contribution in [-0.2, 0) is 4.79 Å². The van der Waals surface area contributed by atoms with Gasteiger partial charge in [-0.05, 0) is 23.6 Å². The van der Waals surface area contributed by atoms with Gasteiger partial charge in [-0.3, -0.25) is 14.2 Å². The number of fused-ring (bicyclic) bond motifs is 1. The maximum Gasteiger partial charge on any atom is 0.276 e. The Morgan fingerprint density at radius 2 is 1.92 bits per heavy atom. The molecule has 2 aromatic heterocycles. The summed E-state index contributed by atoms with van der Waals surface area (Å²) < 4.78 is 2.23. The van der Waals surface area contributed by atoms with Crippen LogP contribution in [0.3, 0.4) is 0 Å². The van der Waals surface area contributed by atoms with E-state index in [4.69, 9.17) is 0 Å². The van der Waals surface area contributed by atoms with E-state index in [-0.39, 0.29) is 11.3 Å². The van der Waals surface area contributed by atoms with Crippen LogP contribution in [0.1, 0.15) is 20.8 Å². The van der Waals surface area contributed by atoms with Crippen molar-refractivity contribution in [2.75, 3.05) is 5.75 Å². The maximum absolute atomic E-state index is 12.9.